The number of halogens is 1. The molecule has 0 aromatic rings. The Morgan fingerprint density at radius 2 is 2.06 bits per heavy atom. The maximum atomic E-state index is 11.4. The summed E-state index contributed by atoms with van der Waals surface area (Å²) in [5, 5.41) is 8.33. The van der Waals surface area contributed by atoms with Crippen molar-refractivity contribution in [3.05, 3.63) is 24.3 Å². The van der Waals surface area contributed by atoms with Crippen molar-refractivity contribution in [3.8, 4) is 0 Å². The Bertz CT molecular complexity index is 367. The number of hydrogen-bond donors (Lipinski definition) is 2. The molecule has 0 bridgehead atoms. The molecule has 0 saturated carbocycles. The SMILES string of the molecule is NC(CC(=O)O)C(=O)COCC1C=CC=CC1Cl. The molecule has 0 heterocycles. The van der Waals surface area contributed by atoms with E-state index in [2.05, 4.69) is 0 Å². The highest BCUT2D eigenvalue weighted by Crippen LogP contribution is 2.18. The van der Waals surface area contributed by atoms with Gasteiger partial charge in [-0.05, 0) is 0 Å². The standard InChI is InChI=1S/C12H16ClNO4/c13-9-4-2-1-3-8(9)6-18-7-11(15)10(14)5-12(16)17/h1-4,8-10H,5-7,14H2,(H,16,17). The molecule has 18 heavy (non-hydrogen) atoms. The normalized spacial score (nSPS) is 23.9. The molecule has 0 spiro atoms. The van der Waals surface area contributed by atoms with Gasteiger partial charge in [0.2, 0.25) is 0 Å². The molecule has 3 atom stereocenters. The van der Waals surface area contributed by atoms with Gasteiger partial charge in [0.15, 0.2) is 5.78 Å². The number of nitrogens with two attached hydrogens (primary N) is 1. The summed E-state index contributed by atoms with van der Waals surface area (Å²) in [4.78, 5) is 21.8. The van der Waals surface area contributed by atoms with Gasteiger partial charge in [0.1, 0.15) is 6.61 Å². The summed E-state index contributed by atoms with van der Waals surface area (Å²) in [6, 6.07) is -1.02. The Kier molecular flexibility index (Phi) is 6.04. The first-order valence-corrected chi connectivity index (χ1v) is 6.01. The first-order valence-electron chi connectivity index (χ1n) is 5.57. The number of carboxylic acids is 1. The van der Waals surface area contributed by atoms with Gasteiger partial charge in [0, 0.05) is 5.92 Å². The topological polar surface area (TPSA) is 89.6 Å². The molecule has 1 rings (SSSR count). The number of alkyl halides is 1. The van der Waals surface area contributed by atoms with E-state index in [9.17, 15) is 9.59 Å². The number of ether oxygens (including phenoxy) is 1. The molecule has 0 saturated heterocycles. The second kappa shape index (κ2) is 7.31. The third-order valence-corrected chi connectivity index (χ3v) is 3.01. The number of Topliss-reactive ketones (excluding diaryl/α,β-unsaturated/α-hetero) is 1. The average molecular weight is 274 g/mol. The van der Waals surface area contributed by atoms with Gasteiger partial charge < -0.3 is 15.6 Å². The van der Waals surface area contributed by atoms with Crippen LogP contribution in [0.5, 0.6) is 0 Å². The Morgan fingerprint density at radius 1 is 1.39 bits per heavy atom. The van der Waals surface area contributed by atoms with Crippen LogP contribution in [0.4, 0.5) is 0 Å². The lowest BCUT2D eigenvalue weighted by molar-refractivity contribution is -0.139. The van der Waals surface area contributed by atoms with Crippen LogP contribution < -0.4 is 5.73 Å². The van der Waals surface area contributed by atoms with E-state index in [4.69, 9.17) is 27.2 Å². The summed E-state index contributed by atoms with van der Waals surface area (Å²) < 4.78 is 5.22. The zero-order chi connectivity index (χ0) is 13.5. The maximum absolute atomic E-state index is 11.4. The lowest BCUT2D eigenvalue weighted by Crippen LogP contribution is -2.36. The summed E-state index contributed by atoms with van der Waals surface area (Å²) >= 11 is 6.02. The van der Waals surface area contributed by atoms with Crippen LogP contribution in [0, 0.1) is 5.92 Å². The Hall–Kier alpha value is -1.17. The van der Waals surface area contributed by atoms with Crippen LogP contribution in [-0.2, 0) is 14.3 Å². The van der Waals surface area contributed by atoms with Gasteiger partial charge in [-0.3, -0.25) is 9.59 Å². The Balaban J connectivity index is 2.25. The predicted molar refractivity (Wildman–Crippen MR) is 67.5 cm³/mol. The van der Waals surface area contributed by atoms with Crippen molar-refractivity contribution in [1.29, 1.82) is 0 Å². The minimum absolute atomic E-state index is 0.0140. The van der Waals surface area contributed by atoms with Gasteiger partial charge in [-0.15, -0.1) is 11.6 Å². The lowest BCUT2D eigenvalue weighted by Gasteiger charge is -2.18. The zero-order valence-corrected chi connectivity index (χ0v) is 10.5. The third kappa shape index (κ3) is 5.00. The van der Waals surface area contributed by atoms with Crippen LogP contribution in [0.15, 0.2) is 24.3 Å². The number of rotatable bonds is 7. The maximum Gasteiger partial charge on any atom is 0.305 e. The molecule has 0 amide bonds. The zero-order valence-electron chi connectivity index (χ0n) is 9.79. The molecule has 0 aliphatic heterocycles. The van der Waals surface area contributed by atoms with E-state index in [-0.39, 0.29) is 24.3 Å². The predicted octanol–water partition coefficient (Wildman–Crippen LogP) is 0.724. The van der Waals surface area contributed by atoms with Crippen molar-refractivity contribution in [2.45, 2.75) is 17.8 Å². The van der Waals surface area contributed by atoms with E-state index in [0.29, 0.717) is 6.61 Å². The average Bonchev–Trinajstić information content (AvgIpc) is 2.30. The van der Waals surface area contributed by atoms with Gasteiger partial charge in [-0.2, -0.15) is 0 Å². The minimum Gasteiger partial charge on any atom is -0.481 e. The molecule has 0 fully saturated rings. The number of ketones is 1. The fraction of sp³-hybridized carbons (Fsp3) is 0.500. The van der Waals surface area contributed by atoms with E-state index in [1.54, 1.807) is 0 Å². The van der Waals surface area contributed by atoms with Crippen LogP contribution in [0.25, 0.3) is 0 Å². The van der Waals surface area contributed by atoms with E-state index < -0.39 is 17.8 Å². The van der Waals surface area contributed by atoms with Crippen LogP contribution in [0.3, 0.4) is 0 Å². The van der Waals surface area contributed by atoms with Crippen molar-refractivity contribution in [3.63, 3.8) is 0 Å². The molecule has 1 aliphatic rings. The Morgan fingerprint density at radius 3 is 2.67 bits per heavy atom. The number of carbonyl (C=O) groups excluding carboxylic acids is 1. The summed E-state index contributed by atoms with van der Waals surface area (Å²) in [5.41, 5.74) is 5.40. The number of carboxylic acid groups (broad SMARTS) is 1. The minimum atomic E-state index is -1.10. The van der Waals surface area contributed by atoms with Gasteiger partial charge in [-0.1, -0.05) is 24.3 Å². The number of allylic oxidation sites excluding steroid dienone is 3. The van der Waals surface area contributed by atoms with Gasteiger partial charge >= 0.3 is 5.97 Å². The Labute approximate surface area is 110 Å². The summed E-state index contributed by atoms with van der Waals surface area (Å²) in [7, 11) is 0. The van der Waals surface area contributed by atoms with Crippen LogP contribution >= 0.6 is 11.6 Å². The molecule has 3 unspecified atom stereocenters. The van der Waals surface area contributed by atoms with Crippen LogP contribution in [0.1, 0.15) is 6.42 Å². The van der Waals surface area contributed by atoms with Crippen molar-refractivity contribution in [2.75, 3.05) is 13.2 Å². The molecular formula is C12H16ClNO4. The van der Waals surface area contributed by atoms with Crippen molar-refractivity contribution in [2.24, 2.45) is 11.7 Å². The number of hydrogen-bond acceptors (Lipinski definition) is 4. The number of carbonyl (C=O) groups is 2. The first kappa shape index (κ1) is 14.9. The van der Waals surface area contributed by atoms with Gasteiger partial charge in [0.25, 0.3) is 0 Å². The van der Waals surface area contributed by atoms with E-state index >= 15 is 0 Å². The molecule has 0 aromatic heterocycles. The molecule has 100 valence electrons. The summed E-state index contributed by atoms with van der Waals surface area (Å²) in [5.74, 6) is -1.50. The molecule has 5 nitrogen and oxygen atoms in total. The molecule has 1 aliphatic carbocycles. The highest BCUT2D eigenvalue weighted by molar-refractivity contribution is 6.22. The second-order valence-corrected chi connectivity index (χ2v) is 4.57. The smallest absolute Gasteiger partial charge is 0.305 e. The fourth-order valence-electron chi connectivity index (χ4n) is 1.48. The molecule has 3 N–H and O–H groups in total. The third-order valence-electron chi connectivity index (χ3n) is 2.54. The van der Waals surface area contributed by atoms with E-state index in [0.717, 1.165) is 0 Å². The van der Waals surface area contributed by atoms with Crippen molar-refractivity contribution >= 4 is 23.4 Å². The van der Waals surface area contributed by atoms with Gasteiger partial charge in [-0.25, -0.2) is 0 Å². The van der Waals surface area contributed by atoms with E-state index in [1.165, 1.54) is 0 Å². The molecule has 0 aromatic carbocycles. The lowest BCUT2D eigenvalue weighted by atomic mass is 10.0. The summed E-state index contributed by atoms with van der Waals surface area (Å²) in [6.45, 7) is 0.118. The van der Waals surface area contributed by atoms with Crippen molar-refractivity contribution < 1.29 is 19.4 Å². The van der Waals surface area contributed by atoms with Crippen LogP contribution in [-0.4, -0.2) is 41.5 Å². The van der Waals surface area contributed by atoms with Crippen LogP contribution in [0.2, 0.25) is 0 Å². The van der Waals surface area contributed by atoms with E-state index in [1.807, 2.05) is 24.3 Å². The highest BCUT2D eigenvalue weighted by Gasteiger charge is 2.19. The molecule has 6 heteroatoms. The first-order chi connectivity index (χ1) is 8.50. The van der Waals surface area contributed by atoms with Gasteiger partial charge in [0.05, 0.1) is 24.4 Å². The molecule has 0 radical (unpaired) electrons. The fourth-order valence-corrected chi connectivity index (χ4v) is 1.72. The largest absolute Gasteiger partial charge is 0.481 e. The number of aliphatic carboxylic acids is 1. The second-order valence-electron chi connectivity index (χ2n) is 4.06. The quantitative estimate of drug-likeness (QED) is 0.667. The highest BCUT2D eigenvalue weighted by atomic mass is 35.5. The molecular weight excluding hydrogens is 258 g/mol. The summed E-state index contributed by atoms with van der Waals surface area (Å²) in [6.07, 6.45) is 7.08. The monoisotopic (exact) mass is 273 g/mol. The van der Waals surface area contributed by atoms with Crippen molar-refractivity contribution in [1.82, 2.24) is 0 Å².